The molecular formula is C12H20BrNO2. The zero-order valence-corrected chi connectivity index (χ0v) is 11.2. The summed E-state index contributed by atoms with van der Waals surface area (Å²) in [6.45, 7) is 2.01. The number of aliphatic hydroxyl groups is 1. The Hall–Kier alpha value is -0.0900. The van der Waals surface area contributed by atoms with E-state index in [9.17, 15) is 9.90 Å². The molecule has 0 bridgehead atoms. The molecular weight excluding hydrogens is 270 g/mol. The summed E-state index contributed by atoms with van der Waals surface area (Å²) in [6.07, 6.45) is 5.70. The van der Waals surface area contributed by atoms with E-state index in [0.29, 0.717) is 11.8 Å². The first kappa shape index (κ1) is 12.4. The molecule has 3 unspecified atom stereocenters. The third-order valence-electron chi connectivity index (χ3n) is 3.99. The summed E-state index contributed by atoms with van der Waals surface area (Å²) in [5, 5.41) is 9.34. The van der Waals surface area contributed by atoms with Gasteiger partial charge in [0.15, 0.2) is 0 Å². The number of halogens is 1. The summed E-state index contributed by atoms with van der Waals surface area (Å²) >= 11 is 3.40. The maximum absolute atomic E-state index is 11.8. The maximum atomic E-state index is 11.8. The fourth-order valence-corrected chi connectivity index (χ4v) is 3.42. The predicted molar refractivity (Wildman–Crippen MR) is 66.4 cm³/mol. The standard InChI is InChI=1S/C12H20BrNO2/c13-11-5-6-14(12(11)16)7-9-3-1-2-4-10(9)8-15/h9-11,15H,1-8H2. The van der Waals surface area contributed by atoms with Crippen molar-refractivity contribution in [2.24, 2.45) is 11.8 Å². The zero-order valence-electron chi connectivity index (χ0n) is 9.57. The van der Waals surface area contributed by atoms with Crippen molar-refractivity contribution in [1.82, 2.24) is 4.90 Å². The third kappa shape index (κ3) is 2.59. The minimum absolute atomic E-state index is 0.0312. The van der Waals surface area contributed by atoms with E-state index in [2.05, 4.69) is 15.9 Å². The van der Waals surface area contributed by atoms with Gasteiger partial charge in [0, 0.05) is 19.7 Å². The van der Waals surface area contributed by atoms with Gasteiger partial charge >= 0.3 is 0 Å². The van der Waals surface area contributed by atoms with Crippen LogP contribution in [0.3, 0.4) is 0 Å². The van der Waals surface area contributed by atoms with Crippen molar-refractivity contribution in [2.45, 2.75) is 36.9 Å². The molecule has 1 amide bonds. The molecule has 1 heterocycles. The highest BCUT2D eigenvalue weighted by atomic mass is 79.9. The minimum Gasteiger partial charge on any atom is -0.396 e. The molecule has 2 rings (SSSR count). The quantitative estimate of drug-likeness (QED) is 0.805. The van der Waals surface area contributed by atoms with Gasteiger partial charge in [-0.05, 0) is 31.1 Å². The van der Waals surface area contributed by atoms with Gasteiger partial charge in [0.1, 0.15) is 0 Å². The average Bonchev–Trinajstić information content (AvgIpc) is 2.62. The van der Waals surface area contributed by atoms with Gasteiger partial charge < -0.3 is 10.0 Å². The van der Waals surface area contributed by atoms with Crippen LogP contribution in [0.1, 0.15) is 32.1 Å². The first-order valence-electron chi connectivity index (χ1n) is 6.26. The van der Waals surface area contributed by atoms with Gasteiger partial charge in [0.25, 0.3) is 0 Å². The summed E-state index contributed by atoms with van der Waals surface area (Å²) in [5.41, 5.74) is 0. The summed E-state index contributed by atoms with van der Waals surface area (Å²) in [4.78, 5) is 13.8. The second-order valence-corrected chi connectivity index (χ2v) is 6.13. The number of carbonyl (C=O) groups is 1. The van der Waals surface area contributed by atoms with Gasteiger partial charge in [0.2, 0.25) is 5.91 Å². The van der Waals surface area contributed by atoms with Gasteiger partial charge in [-0.25, -0.2) is 0 Å². The number of carbonyl (C=O) groups excluding carboxylic acids is 1. The Bertz CT molecular complexity index is 259. The highest BCUT2D eigenvalue weighted by Gasteiger charge is 2.33. The Morgan fingerprint density at radius 2 is 1.94 bits per heavy atom. The molecule has 2 aliphatic rings. The first-order chi connectivity index (χ1) is 7.72. The van der Waals surface area contributed by atoms with Crippen LogP contribution in [0, 0.1) is 11.8 Å². The first-order valence-corrected chi connectivity index (χ1v) is 7.17. The number of amides is 1. The molecule has 92 valence electrons. The van der Waals surface area contributed by atoms with Crippen LogP contribution in [0.4, 0.5) is 0 Å². The Labute approximate surface area is 105 Å². The Balaban J connectivity index is 1.90. The number of hydrogen-bond acceptors (Lipinski definition) is 2. The third-order valence-corrected chi connectivity index (χ3v) is 4.84. The molecule has 1 aliphatic heterocycles. The molecule has 0 aromatic heterocycles. The van der Waals surface area contributed by atoms with Crippen LogP contribution in [0.15, 0.2) is 0 Å². The number of alkyl halides is 1. The molecule has 1 aliphatic carbocycles. The average molecular weight is 290 g/mol. The van der Waals surface area contributed by atoms with Crippen molar-refractivity contribution < 1.29 is 9.90 Å². The second-order valence-electron chi connectivity index (χ2n) is 5.03. The number of likely N-dealkylation sites (tertiary alicyclic amines) is 1. The Kier molecular flexibility index (Phi) is 4.25. The Morgan fingerprint density at radius 3 is 2.50 bits per heavy atom. The number of nitrogens with zero attached hydrogens (tertiary/aromatic N) is 1. The van der Waals surface area contributed by atoms with E-state index in [1.54, 1.807) is 0 Å². The number of hydrogen-bond donors (Lipinski definition) is 1. The maximum Gasteiger partial charge on any atom is 0.236 e. The molecule has 4 heteroatoms. The van der Waals surface area contributed by atoms with E-state index >= 15 is 0 Å². The summed E-state index contributed by atoms with van der Waals surface area (Å²) in [6, 6.07) is 0. The lowest BCUT2D eigenvalue weighted by atomic mass is 9.79. The van der Waals surface area contributed by atoms with Gasteiger partial charge in [-0.15, -0.1) is 0 Å². The molecule has 2 fully saturated rings. The van der Waals surface area contributed by atoms with Crippen LogP contribution in [0.2, 0.25) is 0 Å². The lowest BCUT2D eigenvalue weighted by molar-refractivity contribution is -0.128. The highest BCUT2D eigenvalue weighted by Crippen LogP contribution is 2.31. The summed E-state index contributed by atoms with van der Waals surface area (Å²) < 4.78 is 0. The van der Waals surface area contributed by atoms with Crippen LogP contribution < -0.4 is 0 Å². The van der Waals surface area contributed by atoms with Crippen molar-refractivity contribution in [3.8, 4) is 0 Å². The highest BCUT2D eigenvalue weighted by molar-refractivity contribution is 9.10. The Morgan fingerprint density at radius 1 is 1.25 bits per heavy atom. The van der Waals surface area contributed by atoms with E-state index in [4.69, 9.17) is 0 Å². The fraction of sp³-hybridized carbons (Fsp3) is 0.917. The SMILES string of the molecule is O=C1C(Br)CCN1CC1CCCCC1CO. The van der Waals surface area contributed by atoms with Crippen LogP contribution in [-0.4, -0.2) is 40.4 Å². The normalized spacial score (nSPS) is 35.8. The minimum atomic E-state index is 0.0312. The van der Waals surface area contributed by atoms with E-state index in [-0.39, 0.29) is 17.3 Å². The monoisotopic (exact) mass is 289 g/mol. The van der Waals surface area contributed by atoms with Crippen molar-refractivity contribution in [3.05, 3.63) is 0 Å². The molecule has 0 aromatic carbocycles. The van der Waals surface area contributed by atoms with Crippen molar-refractivity contribution >= 4 is 21.8 Å². The van der Waals surface area contributed by atoms with Gasteiger partial charge in [-0.2, -0.15) is 0 Å². The van der Waals surface area contributed by atoms with Gasteiger partial charge in [0.05, 0.1) is 4.83 Å². The van der Waals surface area contributed by atoms with Crippen LogP contribution in [0.25, 0.3) is 0 Å². The van der Waals surface area contributed by atoms with Crippen molar-refractivity contribution in [3.63, 3.8) is 0 Å². The zero-order chi connectivity index (χ0) is 11.5. The van der Waals surface area contributed by atoms with E-state index in [1.807, 2.05) is 4.90 Å². The number of aliphatic hydroxyl groups excluding tert-OH is 1. The van der Waals surface area contributed by atoms with Gasteiger partial charge in [-0.1, -0.05) is 28.8 Å². The van der Waals surface area contributed by atoms with Crippen molar-refractivity contribution in [1.29, 1.82) is 0 Å². The van der Waals surface area contributed by atoms with Crippen LogP contribution in [0.5, 0.6) is 0 Å². The van der Waals surface area contributed by atoms with E-state index in [0.717, 1.165) is 25.9 Å². The molecule has 0 aromatic rings. The largest absolute Gasteiger partial charge is 0.396 e. The second kappa shape index (κ2) is 5.50. The fourth-order valence-electron chi connectivity index (χ4n) is 2.93. The van der Waals surface area contributed by atoms with Crippen molar-refractivity contribution in [2.75, 3.05) is 19.7 Å². The lowest BCUT2D eigenvalue weighted by Crippen LogP contribution is -2.37. The predicted octanol–water partition coefficient (Wildman–Crippen LogP) is 1.78. The summed E-state index contributed by atoms with van der Waals surface area (Å²) in [5.74, 6) is 1.17. The molecule has 0 radical (unpaired) electrons. The molecule has 3 nitrogen and oxygen atoms in total. The molecule has 1 saturated carbocycles. The molecule has 1 saturated heterocycles. The smallest absolute Gasteiger partial charge is 0.236 e. The lowest BCUT2D eigenvalue weighted by Gasteiger charge is -2.33. The molecule has 0 spiro atoms. The summed E-state index contributed by atoms with van der Waals surface area (Å²) in [7, 11) is 0. The molecule has 16 heavy (non-hydrogen) atoms. The number of rotatable bonds is 3. The van der Waals surface area contributed by atoms with Crippen LogP contribution in [-0.2, 0) is 4.79 Å². The molecule has 3 atom stereocenters. The van der Waals surface area contributed by atoms with E-state index in [1.165, 1.54) is 19.3 Å². The van der Waals surface area contributed by atoms with Crippen LogP contribution >= 0.6 is 15.9 Å². The van der Waals surface area contributed by atoms with Gasteiger partial charge in [-0.3, -0.25) is 4.79 Å². The van der Waals surface area contributed by atoms with E-state index < -0.39 is 0 Å². The topological polar surface area (TPSA) is 40.5 Å². The molecule has 1 N–H and O–H groups in total.